The number of hydrogen-bond donors (Lipinski definition) is 5. The number of carbonyl (C=O) groups is 3. The fourth-order valence-corrected chi connectivity index (χ4v) is 4.49. The van der Waals surface area contributed by atoms with Crippen molar-refractivity contribution >= 4 is 23.9 Å². The first-order chi connectivity index (χ1) is 17.8. The van der Waals surface area contributed by atoms with Gasteiger partial charge in [-0.15, -0.1) is 0 Å². The van der Waals surface area contributed by atoms with Crippen molar-refractivity contribution in [3.63, 3.8) is 0 Å². The van der Waals surface area contributed by atoms with Crippen molar-refractivity contribution in [3.05, 3.63) is 59.7 Å². The monoisotopic (exact) mass is 509 g/mol. The number of carbonyl (C=O) groups excluding carboxylic acids is 2. The summed E-state index contributed by atoms with van der Waals surface area (Å²) < 4.78 is 5.57. The van der Waals surface area contributed by atoms with E-state index < -0.39 is 30.1 Å². The van der Waals surface area contributed by atoms with Crippen molar-refractivity contribution in [2.45, 2.75) is 57.0 Å². The molecule has 0 saturated carbocycles. The van der Waals surface area contributed by atoms with Crippen LogP contribution in [0.2, 0.25) is 0 Å². The number of fused-ring (bicyclic) bond motifs is 3. The molecule has 0 saturated heterocycles. The fourth-order valence-electron chi connectivity index (χ4n) is 4.49. The average Bonchev–Trinajstić information content (AvgIpc) is 3.20. The molecule has 0 unspecified atom stereocenters. The van der Waals surface area contributed by atoms with E-state index in [0.717, 1.165) is 28.7 Å². The number of carboxylic acids is 1. The van der Waals surface area contributed by atoms with Crippen LogP contribution in [0.5, 0.6) is 0 Å². The predicted octanol–water partition coefficient (Wildman–Crippen LogP) is 2.71. The lowest BCUT2D eigenvalue weighted by Crippen LogP contribution is -2.51. The Morgan fingerprint density at radius 1 is 0.946 bits per heavy atom. The molecule has 2 atom stereocenters. The fraction of sp³-hybridized carbons (Fsp3) is 0.407. The number of aliphatic imine (C=N–C) groups is 1. The number of nitrogens with one attached hydrogen (secondary N) is 2. The molecule has 0 bridgehead atoms. The highest BCUT2D eigenvalue weighted by atomic mass is 16.5. The quantitative estimate of drug-likeness (QED) is 0.157. The molecule has 0 radical (unpaired) electrons. The van der Waals surface area contributed by atoms with Crippen LogP contribution in [0, 0.1) is 0 Å². The number of carboxylic acid groups (broad SMARTS) is 1. The normalized spacial score (nSPS) is 13.5. The minimum atomic E-state index is -1.17. The summed E-state index contributed by atoms with van der Waals surface area (Å²) in [5.41, 5.74) is 15.0. The Morgan fingerprint density at radius 2 is 1.54 bits per heavy atom. The standard InChI is InChI=1S/C27H35N5O5/c1-2-3-13-22(24(33)31-23(25(34)35)14-8-15-30-26(28)29)32-27(36)37-16-21-19-11-6-4-9-17(19)18-10-5-7-12-20(18)21/h4-7,9-12,21-23H,2-3,8,13-16H2,1H3,(H,31,33)(H,32,36)(H,34,35)(H4,28,29,30)/t22-,23-/m0/s1. The molecule has 0 aromatic heterocycles. The van der Waals surface area contributed by atoms with Gasteiger partial charge < -0.3 is 31.9 Å². The number of guanidine groups is 1. The molecule has 2 amide bonds. The van der Waals surface area contributed by atoms with E-state index in [2.05, 4.69) is 27.8 Å². The van der Waals surface area contributed by atoms with E-state index in [0.29, 0.717) is 19.3 Å². The maximum absolute atomic E-state index is 12.9. The van der Waals surface area contributed by atoms with Crippen LogP contribution >= 0.6 is 0 Å². The number of alkyl carbamates (subject to hydrolysis) is 1. The summed E-state index contributed by atoms with van der Waals surface area (Å²) in [6.45, 7) is 2.33. The summed E-state index contributed by atoms with van der Waals surface area (Å²) >= 11 is 0. The number of unbranched alkanes of at least 4 members (excludes halogenated alkanes) is 1. The molecule has 2 aromatic rings. The van der Waals surface area contributed by atoms with Crippen molar-refractivity contribution in [1.82, 2.24) is 10.6 Å². The highest BCUT2D eigenvalue weighted by Crippen LogP contribution is 2.44. The lowest BCUT2D eigenvalue weighted by Gasteiger charge is -2.22. The molecule has 7 N–H and O–H groups in total. The van der Waals surface area contributed by atoms with Gasteiger partial charge in [0.2, 0.25) is 5.91 Å². The molecule has 0 spiro atoms. The van der Waals surface area contributed by atoms with E-state index in [1.165, 1.54) is 0 Å². The van der Waals surface area contributed by atoms with E-state index in [-0.39, 0.29) is 31.4 Å². The Hall–Kier alpha value is -4.08. The topological polar surface area (TPSA) is 169 Å². The van der Waals surface area contributed by atoms with Crippen LogP contribution in [0.4, 0.5) is 4.79 Å². The van der Waals surface area contributed by atoms with Gasteiger partial charge in [-0.05, 0) is 41.5 Å². The van der Waals surface area contributed by atoms with E-state index in [4.69, 9.17) is 16.2 Å². The van der Waals surface area contributed by atoms with Gasteiger partial charge in [-0.25, -0.2) is 9.59 Å². The number of amides is 2. The summed E-state index contributed by atoms with van der Waals surface area (Å²) in [6.07, 6.45) is 1.61. The molecular formula is C27H35N5O5. The molecule has 10 heteroatoms. The molecule has 1 aliphatic carbocycles. The van der Waals surface area contributed by atoms with E-state index in [1.54, 1.807) is 0 Å². The SMILES string of the molecule is CCCC[C@H](NC(=O)OCC1c2ccccc2-c2ccccc21)C(=O)N[C@@H](CCCN=C(N)N)C(=O)O. The van der Waals surface area contributed by atoms with Gasteiger partial charge in [-0.2, -0.15) is 0 Å². The van der Waals surface area contributed by atoms with E-state index in [9.17, 15) is 19.5 Å². The smallest absolute Gasteiger partial charge is 0.407 e. The summed E-state index contributed by atoms with van der Waals surface area (Å²) in [5, 5.41) is 14.7. The first kappa shape index (κ1) is 27.5. The van der Waals surface area contributed by atoms with E-state index >= 15 is 0 Å². The summed E-state index contributed by atoms with van der Waals surface area (Å²) in [7, 11) is 0. The maximum Gasteiger partial charge on any atom is 0.407 e. The summed E-state index contributed by atoms with van der Waals surface area (Å²) in [5.74, 6) is -1.94. The van der Waals surface area contributed by atoms with Gasteiger partial charge in [0.15, 0.2) is 5.96 Å². The first-order valence-electron chi connectivity index (χ1n) is 12.5. The third kappa shape index (κ3) is 7.45. The van der Waals surface area contributed by atoms with Crippen LogP contribution in [0.25, 0.3) is 11.1 Å². The van der Waals surface area contributed by atoms with Gasteiger partial charge in [0, 0.05) is 12.5 Å². The molecule has 0 fully saturated rings. The van der Waals surface area contributed by atoms with Crippen molar-refractivity contribution < 1.29 is 24.2 Å². The minimum absolute atomic E-state index is 0.0807. The van der Waals surface area contributed by atoms with E-state index in [1.807, 2.05) is 43.3 Å². The number of nitrogens with zero attached hydrogens (tertiary/aromatic N) is 1. The number of ether oxygens (including phenoxy) is 1. The predicted molar refractivity (Wildman–Crippen MR) is 141 cm³/mol. The van der Waals surface area contributed by atoms with Crippen molar-refractivity contribution in [1.29, 1.82) is 0 Å². The van der Waals surface area contributed by atoms with Gasteiger partial charge >= 0.3 is 12.1 Å². The number of hydrogen-bond acceptors (Lipinski definition) is 5. The van der Waals surface area contributed by atoms with Gasteiger partial charge in [-0.3, -0.25) is 9.79 Å². The van der Waals surface area contributed by atoms with Crippen LogP contribution in [0.15, 0.2) is 53.5 Å². The van der Waals surface area contributed by atoms with Crippen molar-refractivity contribution in [2.75, 3.05) is 13.2 Å². The Balaban J connectivity index is 1.61. The zero-order valence-electron chi connectivity index (χ0n) is 21.0. The third-order valence-corrected chi connectivity index (χ3v) is 6.36. The van der Waals surface area contributed by atoms with Crippen molar-refractivity contribution in [3.8, 4) is 11.1 Å². The molecule has 1 aliphatic rings. The zero-order chi connectivity index (χ0) is 26.8. The second-order valence-corrected chi connectivity index (χ2v) is 9.01. The van der Waals surface area contributed by atoms with Crippen LogP contribution in [0.1, 0.15) is 56.1 Å². The third-order valence-electron chi connectivity index (χ3n) is 6.36. The van der Waals surface area contributed by atoms with Crippen LogP contribution in [-0.4, -0.2) is 54.3 Å². The highest BCUT2D eigenvalue weighted by molar-refractivity contribution is 5.89. The lowest BCUT2D eigenvalue weighted by molar-refractivity contribution is -0.142. The van der Waals surface area contributed by atoms with Crippen molar-refractivity contribution in [2.24, 2.45) is 16.5 Å². The summed E-state index contributed by atoms with van der Waals surface area (Å²) in [6, 6.07) is 14.0. The maximum atomic E-state index is 12.9. The number of rotatable bonds is 13. The molecule has 198 valence electrons. The number of nitrogens with two attached hydrogens (primary N) is 2. The molecule has 37 heavy (non-hydrogen) atoms. The molecule has 10 nitrogen and oxygen atoms in total. The average molecular weight is 510 g/mol. The van der Waals surface area contributed by atoms with Crippen LogP contribution < -0.4 is 22.1 Å². The Bertz CT molecular complexity index is 1090. The largest absolute Gasteiger partial charge is 0.480 e. The lowest BCUT2D eigenvalue weighted by atomic mass is 9.98. The Labute approximate surface area is 216 Å². The van der Waals surface area contributed by atoms with Crippen LogP contribution in [0.3, 0.4) is 0 Å². The molecule has 0 heterocycles. The second-order valence-electron chi connectivity index (χ2n) is 9.01. The minimum Gasteiger partial charge on any atom is -0.480 e. The first-order valence-corrected chi connectivity index (χ1v) is 12.5. The molecule has 3 rings (SSSR count). The van der Waals surface area contributed by atoms with Gasteiger partial charge in [-0.1, -0.05) is 68.3 Å². The van der Waals surface area contributed by atoms with Gasteiger partial charge in [0.1, 0.15) is 18.7 Å². The molecular weight excluding hydrogens is 474 g/mol. The summed E-state index contributed by atoms with van der Waals surface area (Å²) in [4.78, 5) is 41.1. The van der Waals surface area contributed by atoms with Gasteiger partial charge in [0.05, 0.1) is 0 Å². The molecule has 2 aromatic carbocycles. The molecule has 0 aliphatic heterocycles. The second kappa shape index (κ2) is 13.3. The zero-order valence-corrected chi connectivity index (χ0v) is 21.0. The Kier molecular flexibility index (Phi) is 9.88. The number of benzene rings is 2. The highest BCUT2D eigenvalue weighted by Gasteiger charge is 2.30. The Morgan fingerprint density at radius 3 is 2.11 bits per heavy atom. The van der Waals surface area contributed by atoms with Crippen LogP contribution in [-0.2, 0) is 14.3 Å². The number of aliphatic carboxylic acids is 1. The van der Waals surface area contributed by atoms with Gasteiger partial charge in [0.25, 0.3) is 0 Å².